The Morgan fingerprint density at radius 3 is 2.00 bits per heavy atom. The number of alkyl halides is 3. The molecule has 0 nitrogen and oxygen atoms in total. The predicted octanol–water partition coefficient (Wildman–Crippen LogP) is 6.64. The number of halogens is 6. The van der Waals surface area contributed by atoms with Gasteiger partial charge in [-0.2, -0.15) is 13.2 Å². The van der Waals surface area contributed by atoms with Gasteiger partial charge in [-0.15, -0.1) is 0 Å². The van der Waals surface area contributed by atoms with Gasteiger partial charge in [-0.3, -0.25) is 0 Å². The van der Waals surface area contributed by atoms with Crippen molar-refractivity contribution in [2.75, 3.05) is 0 Å². The fourth-order valence-corrected chi connectivity index (χ4v) is 2.47. The molecule has 0 heterocycles. The largest absolute Gasteiger partial charge is 0.416 e. The molecule has 0 radical (unpaired) electrons. The zero-order valence-corrected chi connectivity index (χ0v) is 12.4. The Morgan fingerprint density at radius 2 is 1.40 bits per heavy atom. The van der Waals surface area contributed by atoms with Crippen LogP contribution in [0.4, 0.5) is 13.2 Å². The Balaban J connectivity index is 2.66. The number of benzene rings is 2. The van der Waals surface area contributed by atoms with Crippen LogP contribution in [0.15, 0.2) is 30.3 Å². The maximum absolute atomic E-state index is 12.8. The van der Waals surface area contributed by atoms with Crippen molar-refractivity contribution in [2.45, 2.75) is 13.1 Å². The molecule has 0 aliphatic rings. The lowest BCUT2D eigenvalue weighted by atomic mass is 9.98. The smallest absolute Gasteiger partial charge is 0.166 e. The van der Waals surface area contributed by atoms with Gasteiger partial charge >= 0.3 is 6.18 Å². The molecule has 0 N–H and O–H groups in total. The van der Waals surface area contributed by atoms with E-state index in [1.54, 1.807) is 6.92 Å². The molecule has 2 aromatic carbocycles. The topological polar surface area (TPSA) is 0 Å². The third-order valence-electron chi connectivity index (χ3n) is 2.87. The van der Waals surface area contributed by atoms with Gasteiger partial charge in [0.25, 0.3) is 0 Å². The van der Waals surface area contributed by atoms with E-state index in [9.17, 15) is 13.2 Å². The highest BCUT2D eigenvalue weighted by atomic mass is 35.5. The van der Waals surface area contributed by atoms with Crippen LogP contribution in [-0.4, -0.2) is 0 Å². The van der Waals surface area contributed by atoms with Crippen LogP contribution in [0, 0.1) is 6.92 Å². The minimum atomic E-state index is -4.41. The van der Waals surface area contributed by atoms with Gasteiger partial charge in [0, 0.05) is 10.6 Å². The molecular weight excluding hydrogens is 332 g/mol. The molecule has 0 spiro atoms. The van der Waals surface area contributed by atoms with Crippen molar-refractivity contribution < 1.29 is 13.2 Å². The normalized spacial score (nSPS) is 11.8. The second kappa shape index (κ2) is 5.47. The van der Waals surface area contributed by atoms with Crippen LogP contribution >= 0.6 is 34.8 Å². The van der Waals surface area contributed by atoms with Gasteiger partial charge in [0.05, 0.1) is 15.6 Å². The molecule has 20 heavy (non-hydrogen) atoms. The molecule has 106 valence electrons. The standard InChI is InChI=1S/C14H8Cl3F3/c1-7-2-3-8(14(18,19)20)4-9(7)10-5-12(16)13(17)6-11(10)15/h2-6H,1H3. The van der Waals surface area contributed by atoms with Crippen LogP contribution in [0.25, 0.3) is 11.1 Å². The van der Waals surface area contributed by atoms with Crippen molar-refractivity contribution in [1.29, 1.82) is 0 Å². The van der Waals surface area contributed by atoms with Crippen molar-refractivity contribution in [1.82, 2.24) is 0 Å². The Labute approximate surface area is 129 Å². The number of hydrogen-bond acceptors (Lipinski definition) is 0. The Kier molecular flexibility index (Phi) is 4.24. The molecule has 6 heteroatoms. The fourth-order valence-electron chi connectivity index (χ4n) is 1.82. The fraction of sp³-hybridized carbons (Fsp3) is 0.143. The maximum Gasteiger partial charge on any atom is 0.416 e. The summed E-state index contributed by atoms with van der Waals surface area (Å²) in [5.74, 6) is 0. The second-order valence-electron chi connectivity index (χ2n) is 4.27. The third-order valence-corrected chi connectivity index (χ3v) is 3.90. The Bertz CT molecular complexity index is 663. The summed E-state index contributed by atoms with van der Waals surface area (Å²) in [6.45, 7) is 1.70. The quantitative estimate of drug-likeness (QED) is 0.511. The van der Waals surface area contributed by atoms with Gasteiger partial charge in [0.2, 0.25) is 0 Å². The first-order chi connectivity index (χ1) is 9.20. The van der Waals surface area contributed by atoms with Crippen molar-refractivity contribution in [2.24, 2.45) is 0 Å². The van der Waals surface area contributed by atoms with Crippen molar-refractivity contribution >= 4 is 34.8 Å². The molecular formula is C14H8Cl3F3. The highest BCUT2D eigenvalue weighted by molar-refractivity contribution is 6.44. The molecule has 0 fully saturated rings. The zero-order chi connectivity index (χ0) is 15.1. The molecule has 0 aromatic heterocycles. The molecule has 0 atom stereocenters. The summed E-state index contributed by atoms with van der Waals surface area (Å²) in [7, 11) is 0. The first-order valence-electron chi connectivity index (χ1n) is 5.53. The average molecular weight is 340 g/mol. The van der Waals surface area contributed by atoms with Crippen LogP contribution < -0.4 is 0 Å². The van der Waals surface area contributed by atoms with E-state index in [2.05, 4.69) is 0 Å². The van der Waals surface area contributed by atoms with Gasteiger partial charge < -0.3 is 0 Å². The molecule has 0 unspecified atom stereocenters. The Hall–Kier alpha value is -0.900. The average Bonchev–Trinajstić information content (AvgIpc) is 2.33. The van der Waals surface area contributed by atoms with Crippen LogP contribution in [0.5, 0.6) is 0 Å². The van der Waals surface area contributed by atoms with Crippen molar-refractivity contribution in [3.8, 4) is 11.1 Å². The summed E-state index contributed by atoms with van der Waals surface area (Å²) < 4.78 is 38.3. The van der Waals surface area contributed by atoms with Gasteiger partial charge in [0.1, 0.15) is 0 Å². The van der Waals surface area contributed by atoms with Crippen LogP contribution in [0.1, 0.15) is 11.1 Å². The third kappa shape index (κ3) is 3.05. The minimum absolute atomic E-state index is 0.239. The summed E-state index contributed by atoms with van der Waals surface area (Å²) in [5, 5.41) is 0.745. The van der Waals surface area contributed by atoms with E-state index in [-0.39, 0.29) is 15.1 Å². The SMILES string of the molecule is Cc1ccc(C(F)(F)F)cc1-c1cc(Cl)c(Cl)cc1Cl. The summed E-state index contributed by atoms with van der Waals surface area (Å²) in [4.78, 5) is 0. The van der Waals surface area contributed by atoms with Crippen LogP contribution in [0.2, 0.25) is 15.1 Å². The van der Waals surface area contributed by atoms with E-state index in [1.807, 2.05) is 0 Å². The Morgan fingerprint density at radius 1 is 0.800 bits per heavy atom. The zero-order valence-electron chi connectivity index (χ0n) is 10.2. The maximum atomic E-state index is 12.8. The number of aryl methyl sites for hydroxylation is 1. The van der Waals surface area contributed by atoms with E-state index in [1.165, 1.54) is 18.2 Å². The van der Waals surface area contributed by atoms with Crippen LogP contribution in [0.3, 0.4) is 0 Å². The molecule has 0 bridgehead atoms. The predicted molar refractivity (Wildman–Crippen MR) is 76.6 cm³/mol. The van der Waals surface area contributed by atoms with Crippen molar-refractivity contribution in [3.63, 3.8) is 0 Å². The molecule has 0 aliphatic carbocycles. The molecule has 2 rings (SSSR count). The van der Waals surface area contributed by atoms with Gasteiger partial charge in [-0.25, -0.2) is 0 Å². The molecule has 2 aromatic rings. The van der Waals surface area contributed by atoms with E-state index in [0.29, 0.717) is 16.7 Å². The lowest BCUT2D eigenvalue weighted by molar-refractivity contribution is -0.137. The second-order valence-corrected chi connectivity index (χ2v) is 5.50. The lowest BCUT2D eigenvalue weighted by Crippen LogP contribution is -2.05. The molecule has 0 saturated carbocycles. The monoisotopic (exact) mass is 338 g/mol. The number of rotatable bonds is 1. The first kappa shape index (κ1) is 15.5. The summed E-state index contributed by atoms with van der Waals surface area (Å²) in [6, 6.07) is 6.37. The van der Waals surface area contributed by atoms with Crippen LogP contribution in [-0.2, 0) is 6.18 Å². The van der Waals surface area contributed by atoms with E-state index in [0.717, 1.165) is 12.1 Å². The number of hydrogen-bond donors (Lipinski definition) is 0. The first-order valence-corrected chi connectivity index (χ1v) is 6.66. The van der Waals surface area contributed by atoms with E-state index < -0.39 is 11.7 Å². The molecule has 0 saturated heterocycles. The summed E-state index contributed by atoms with van der Waals surface area (Å²) in [5.41, 5.74) is 0.728. The minimum Gasteiger partial charge on any atom is -0.166 e. The van der Waals surface area contributed by atoms with Gasteiger partial charge in [-0.05, 0) is 42.3 Å². The summed E-state index contributed by atoms with van der Waals surface area (Å²) in [6.07, 6.45) is -4.41. The van der Waals surface area contributed by atoms with Gasteiger partial charge in [0.15, 0.2) is 0 Å². The highest BCUT2D eigenvalue weighted by Gasteiger charge is 2.31. The van der Waals surface area contributed by atoms with Crippen molar-refractivity contribution in [3.05, 3.63) is 56.5 Å². The lowest BCUT2D eigenvalue weighted by Gasteiger charge is -2.13. The molecule has 0 aliphatic heterocycles. The molecule has 0 amide bonds. The summed E-state index contributed by atoms with van der Waals surface area (Å²) >= 11 is 17.8. The van der Waals surface area contributed by atoms with Gasteiger partial charge in [-0.1, -0.05) is 40.9 Å². The van der Waals surface area contributed by atoms with E-state index >= 15 is 0 Å². The van der Waals surface area contributed by atoms with E-state index in [4.69, 9.17) is 34.8 Å². The highest BCUT2D eigenvalue weighted by Crippen LogP contribution is 2.39.